The van der Waals surface area contributed by atoms with Crippen LogP contribution in [-0.4, -0.2) is 36.6 Å². The van der Waals surface area contributed by atoms with E-state index in [9.17, 15) is 4.79 Å². The maximum absolute atomic E-state index is 12.5. The third-order valence-electron chi connectivity index (χ3n) is 3.50. The summed E-state index contributed by atoms with van der Waals surface area (Å²) >= 11 is 1.68. The van der Waals surface area contributed by atoms with Gasteiger partial charge in [0.25, 0.3) is 0 Å². The monoisotopic (exact) mass is 282 g/mol. The fourth-order valence-corrected chi connectivity index (χ4v) is 3.20. The van der Waals surface area contributed by atoms with E-state index in [1.54, 1.807) is 18.4 Å². The second-order valence-electron chi connectivity index (χ2n) is 4.96. The van der Waals surface area contributed by atoms with E-state index in [0.29, 0.717) is 6.54 Å². The van der Waals surface area contributed by atoms with Crippen molar-refractivity contribution in [2.75, 3.05) is 13.7 Å². The van der Waals surface area contributed by atoms with Crippen molar-refractivity contribution < 1.29 is 9.53 Å². The van der Waals surface area contributed by atoms with Gasteiger partial charge < -0.3 is 9.64 Å². The number of methoxy groups -OCH3 is 1. The van der Waals surface area contributed by atoms with E-state index >= 15 is 0 Å². The quantitative estimate of drug-likeness (QED) is 0.871. The molecule has 3 unspecified atom stereocenters. The van der Waals surface area contributed by atoms with E-state index in [1.165, 1.54) is 4.88 Å². The van der Waals surface area contributed by atoms with Gasteiger partial charge in [0.1, 0.15) is 6.17 Å². The second-order valence-corrected chi connectivity index (χ2v) is 5.94. The number of rotatable bonds is 6. The molecule has 1 aliphatic rings. The van der Waals surface area contributed by atoms with E-state index in [2.05, 4.69) is 18.3 Å². The first-order valence-corrected chi connectivity index (χ1v) is 7.68. The predicted octanol–water partition coefficient (Wildman–Crippen LogP) is 2.38. The van der Waals surface area contributed by atoms with Crippen molar-refractivity contribution in [3.8, 4) is 0 Å². The average molecular weight is 282 g/mol. The van der Waals surface area contributed by atoms with Crippen LogP contribution in [0.2, 0.25) is 0 Å². The Morgan fingerprint density at radius 1 is 1.58 bits per heavy atom. The van der Waals surface area contributed by atoms with Gasteiger partial charge in [0.2, 0.25) is 5.91 Å². The number of thiophene rings is 1. The van der Waals surface area contributed by atoms with Crippen LogP contribution < -0.4 is 5.32 Å². The molecule has 1 fully saturated rings. The Labute approximate surface area is 118 Å². The zero-order chi connectivity index (χ0) is 13.8. The number of nitrogens with zero attached hydrogens (tertiary/aromatic N) is 1. The van der Waals surface area contributed by atoms with Gasteiger partial charge in [-0.2, -0.15) is 0 Å². The molecular formula is C14H22N2O2S. The minimum absolute atomic E-state index is 0.00153. The molecular weight excluding hydrogens is 260 g/mol. The van der Waals surface area contributed by atoms with Crippen molar-refractivity contribution in [1.82, 2.24) is 10.2 Å². The predicted molar refractivity (Wildman–Crippen MR) is 77.1 cm³/mol. The lowest BCUT2D eigenvalue weighted by atomic mass is 10.1. The maximum atomic E-state index is 12.5. The van der Waals surface area contributed by atoms with Crippen LogP contribution in [0.25, 0.3) is 0 Å². The Kier molecular flexibility index (Phi) is 4.96. The number of carbonyl (C=O) groups excluding carboxylic acids is 1. The van der Waals surface area contributed by atoms with Crippen LogP contribution in [-0.2, 0) is 9.53 Å². The molecule has 0 saturated carbocycles. The van der Waals surface area contributed by atoms with Crippen LogP contribution in [0.3, 0.4) is 0 Å². The van der Waals surface area contributed by atoms with E-state index < -0.39 is 0 Å². The number of amides is 1. The van der Waals surface area contributed by atoms with Crippen molar-refractivity contribution in [1.29, 1.82) is 0 Å². The van der Waals surface area contributed by atoms with Gasteiger partial charge in [-0.15, -0.1) is 11.3 Å². The lowest BCUT2D eigenvalue weighted by molar-refractivity contribution is -0.131. The minimum atomic E-state index is -0.0545. The largest absolute Gasteiger partial charge is 0.380 e. The van der Waals surface area contributed by atoms with Crippen LogP contribution >= 0.6 is 11.3 Å². The van der Waals surface area contributed by atoms with E-state index in [0.717, 1.165) is 12.8 Å². The summed E-state index contributed by atoms with van der Waals surface area (Å²) in [4.78, 5) is 15.6. The SMILES string of the molecule is CCCC1NC(c2cccs2)N(CC(C)OC)C1=O. The molecule has 0 bridgehead atoms. The van der Waals surface area contributed by atoms with E-state index in [-0.39, 0.29) is 24.2 Å². The summed E-state index contributed by atoms with van der Waals surface area (Å²) in [5.74, 6) is 0.198. The molecule has 1 amide bonds. The van der Waals surface area contributed by atoms with Crippen LogP contribution in [0.1, 0.15) is 37.7 Å². The lowest BCUT2D eigenvalue weighted by Gasteiger charge is -2.25. The summed E-state index contributed by atoms with van der Waals surface area (Å²) in [6.45, 7) is 4.73. The summed E-state index contributed by atoms with van der Waals surface area (Å²) in [5, 5.41) is 5.50. The van der Waals surface area contributed by atoms with Crippen LogP contribution in [0, 0.1) is 0 Å². The Hall–Kier alpha value is -0.910. The highest BCUT2D eigenvalue weighted by Gasteiger charge is 2.39. The minimum Gasteiger partial charge on any atom is -0.380 e. The molecule has 5 heteroatoms. The normalized spacial score (nSPS) is 25.0. The summed E-state index contributed by atoms with van der Waals surface area (Å²) in [7, 11) is 1.68. The van der Waals surface area contributed by atoms with Gasteiger partial charge in [-0.25, -0.2) is 0 Å². The molecule has 1 aliphatic heterocycles. The van der Waals surface area contributed by atoms with Crippen LogP contribution in [0.5, 0.6) is 0 Å². The third kappa shape index (κ3) is 3.16. The van der Waals surface area contributed by atoms with E-state index in [1.807, 2.05) is 23.3 Å². The van der Waals surface area contributed by atoms with Gasteiger partial charge in [-0.1, -0.05) is 19.4 Å². The Morgan fingerprint density at radius 2 is 2.37 bits per heavy atom. The molecule has 1 N–H and O–H groups in total. The lowest BCUT2D eigenvalue weighted by Crippen LogP contribution is -2.36. The Bertz CT molecular complexity index is 408. The first kappa shape index (κ1) is 14.5. The fourth-order valence-electron chi connectivity index (χ4n) is 2.40. The molecule has 1 saturated heterocycles. The van der Waals surface area contributed by atoms with Gasteiger partial charge in [0, 0.05) is 18.5 Å². The molecule has 4 nitrogen and oxygen atoms in total. The Morgan fingerprint density at radius 3 is 2.95 bits per heavy atom. The van der Waals surface area contributed by atoms with Crippen molar-refractivity contribution >= 4 is 17.2 Å². The summed E-state index contributed by atoms with van der Waals surface area (Å²) < 4.78 is 5.30. The van der Waals surface area contributed by atoms with Gasteiger partial charge in [-0.05, 0) is 24.8 Å². The highest BCUT2D eigenvalue weighted by atomic mass is 32.1. The molecule has 19 heavy (non-hydrogen) atoms. The van der Waals surface area contributed by atoms with E-state index in [4.69, 9.17) is 4.74 Å². The fraction of sp³-hybridized carbons (Fsp3) is 0.643. The highest BCUT2D eigenvalue weighted by molar-refractivity contribution is 7.10. The number of hydrogen-bond donors (Lipinski definition) is 1. The van der Waals surface area contributed by atoms with Gasteiger partial charge in [-0.3, -0.25) is 10.1 Å². The molecule has 2 heterocycles. The molecule has 3 atom stereocenters. The summed E-state index contributed by atoms with van der Waals surface area (Å²) in [5.41, 5.74) is 0. The number of carbonyl (C=O) groups is 1. The average Bonchev–Trinajstić information content (AvgIpc) is 3.02. The zero-order valence-corrected chi connectivity index (χ0v) is 12.6. The molecule has 0 aromatic carbocycles. The zero-order valence-electron chi connectivity index (χ0n) is 11.8. The smallest absolute Gasteiger partial charge is 0.241 e. The highest BCUT2D eigenvalue weighted by Crippen LogP contribution is 2.30. The molecule has 2 rings (SSSR count). The third-order valence-corrected chi connectivity index (χ3v) is 4.42. The molecule has 0 spiro atoms. The van der Waals surface area contributed by atoms with Crippen molar-refractivity contribution in [3.05, 3.63) is 22.4 Å². The molecule has 0 radical (unpaired) electrons. The first-order chi connectivity index (χ1) is 9.17. The number of nitrogens with one attached hydrogen (secondary N) is 1. The molecule has 1 aromatic heterocycles. The topological polar surface area (TPSA) is 41.6 Å². The van der Waals surface area contributed by atoms with Crippen molar-refractivity contribution in [2.24, 2.45) is 0 Å². The van der Waals surface area contributed by atoms with Crippen molar-refractivity contribution in [2.45, 2.75) is 45.0 Å². The van der Waals surface area contributed by atoms with Gasteiger partial charge in [0.05, 0.1) is 12.1 Å². The van der Waals surface area contributed by atoms with Crippen LogP contribution in [0.4, 0.5) is 0 Å². The van der Waals surface area contributed by atoms with Gasteiger partial charge >= 0.3 is 0 Å². The molecule has 1 aromatic rings. The maximum Gasteiger partial charge on any atom is 0.241 e. The Balaban J connectivity index is 2.16. The standard InChI is InChI=1S/C14H22N2O2S/c1-4-6-11-14(17)16(9-10(2)18-3)13(15-11)12-7-5-8-19-12/h5,7-8,10-11,13,15H,4,6,9H2,1-3H3. The van der Waals surface area contributed by atoms with Gasteiger partial charge in [0.15, 0.2) is 0 Å². The summed E-state index contributed by atoms with van der Waals surface area (Å²) in [6, 6.07) is 4.05. The number of hydrogen-bond acceptors (Lipinski definition) is 4. The second kappa shape index (κ2) is 6.50. The summed E-state index contributed by atoms with van der Waals surface area (Å²) in [6.07, 6.45) is 1.95. The van der Waals surface area contributed by atoms with Crippen molar-refractivity contribution in [3.63, 3.8) is 0 Å². The number of ether oxygens (including phenoxy) is 1. The molecule has 0 aliphatic carbocycles. The first-order valence-electron chi connectivity index (χ1n) is 6.80. The van der Waals surface area contributed by atoms with Crippen LogP contribution in [0.15, 0.2) is 17.5 Å². The molecule has 106 valence electrons.